The maximum atomic E-state index is 13.7. The van der Waals surface area contributed by atoms with Crippen molar-refractivity contribution in [1.82, 2.24) is 19.9 Å². The summed E-state index contributed by atoms with van der Waals surface area (Å²) in [7, 11) is 0. The van der Waals surface area contributed by atoms with E-state index in [1.165, 1.54) is 17.2 Å². The van der Waals surface area contributed by atoms with Gasteiger partial charge in [-0.25, -0.2) is 14.8 Å². The molecule has 0 radical (unpaired) electrons. The second kappa shape index (κ2) is 8.37. The number of aromatic nitrogens is 3. The normalized spacial score (nSPS) is 17.1. The molecule has 166 valence electrons. The fraction of sp³-hybridized carbons (Fsp3) is 0.333. The molecular weight excluding hydrogens is 425 g/mol. The molecule has 1 amide bonds. The summed E-state index contributed by atoms with van der Waals surface area (Å²) >= 11 is 0. The minimum absolute atomic E-state index is 0.00627. The number of anilines is 1. The first-order valence-corrected chi connectivity index (χ1v) is 9.96. The van der Waals surface area contributed by atoms with Gasteiger partial charge in [-0.05, 0) is 31.4 Å². The molecule has 1 aromatic carbocycles. The van der Waals surface area contributed by atoms with Crippen LogP contribution in [0.2, 0.25) is 0 Å². The lowest BCUT2D eigenvalue weighted by molar-refractivity contribution is -0.137. The van der Waals surface area contributed by atoms with Crippen LogP contribution < -0.4 is 5.32 Å². The molecule has 2 aromatic heterocycles. The van der Waals surface area contributed by atoms with Crippen molar-refractivity contribution in [3.05, 3.63) is 41.7 Å². The van der Waals surface area contributed by atoms with Gasteiger partial charge in [0.2, 0.25) is 5.95 Å². The number of amides is 1. The van der Waals surface area contributed by atoms with E-state index in [0.29, 0.717) is 35.9 Å². The van der Waals surface area contributed by atoms with E-state index in [2.05, 4.69) is 20.3 Å². The van der Waals surface area contributed by atoms with Gasteiger partial charge in [0.25, 0.3) is 0 Å². The highest BCUT2D eigenvalue weighted by molar-refractivity contribution is 5.96. The van der Waals surface area contributed by atoms with Crippen LogP contribution in [0.3, 0.4) is 0 Å². The van der Waals surface area contributed by atoms with Gasteiger partial charge in [-0.15, -0.1) is 0 Å². The van der Waals surface area contributed by atoms with E-state index < -0.39 is 17.8 Å². The van der Waals surface area contributed by atoms with Crippen LogP contribution in [-0.4, -0.2) is 50.2 Å². The highest BCUT2D eigenvalue weighted by Crippen LogP contribution is 2.38. The van der Waals surface area contributed by atoms with Crippen LogP contribution in [0.5, 0.6) is 0 Å². The number of halogens is 3. The van der Waals surface area contributed by atoms with Crippen molar-refractivity contribution in [1.29, 1.82) is 5.26 Å². The molecule has 0 bridgehead atoms. The first-order chi connectivity index (χ1) is 15.3. The van der Waals surface area contributed by atoms with Gasteiger partial charge in [-0.3, -0.25) is 0 Å². The topological polar surface area (TPSA) is 118 Å². The number of carboxylic acid groups (broad SMARTS) is 1. The minimum atomic E-state index is -4.67. The summed E-state index contributed by atoms with van der Waals surface area (Å²) < 4.78 is 41.2. The van der Waals surface area contributed by atoms with Crippen molar-refractivity contribution >= 4 is 22.9 Å². The lowest BCUT2D eigenvalue weighted by Gasteiger charge is -2.23. The van der Waals surface area contributed by atoms with Crippen LogP contribution in [0.25, 0.3) is 22.2 Å². The van der Waals surface area contributed by atoms with Crippen LogP contribution >= 0.6 is 0 Å². The number of benzene rings is 1. The zero-order valence-electron chi connectivity index (χ0n) is 16.8. The molecule has 8 nitrogen and oxygen atoms in total. The zero-order chi connectivity index (χ0) is 22.9. The number of nitriles is 1. The summed E-state index contributed by atoms with van der Waals surface area (Å²) in [5.41, 5.74) is -0.157. The highest BCUT2D eigenvalue weighted by Gasteiger charge is 2.36. The SMILES string of the molecule is N#Cc1ccc2c(-c3nc(N[C@H]4CCCCN(C(=O)O)C4)ncc3C(F)(F)F)c[nH]c2c1. The number of alkyl halides is 3. The Morgan fingerprint density at radius 2 is 2.16 bits per heavy atom. The molecule has 4 rings (SSSR count). The van der Waals surface area contributed by atoms with Crippen LogP contribution in [0.15, 0.2) is 30.6 Å². The summed E-state index contributed by atoms with van der Waals surface area (Å²) in [6.07, 6.45) is -1.42. The van der Waals surface area contributed by atoms with Crippen LogP contribution in [0.4, 0.5) is 23.9 Å². The molecule has 0 aliphatic carbocycles. The maximum absolute atomic E-state index is 13.7. The van der Waals surface area contributed by atoms with Crippen molar-refractivity contribution in [2.24, 2.45) is 0 Å². The number of likely N-dealkylation sites (tertiary alicyclic amines) is 1. The maximum Gasteiger partial charge on any atom is 0.419 e. The van der Waals surface area contributed by atoms with Gasteiger partial charge < -0.3 is 20.3 Å². The summed E-state index contributed by atoms with van der Waals surface area (Å²) in [5, 5.41) is 21.9. The summed E-state index contributed by atoms with van der Waals surface area (Å²) in [5.74, 6) is -0.00627. The number of hydrogen-bond donors (Lipinski definition) is 3. The van der Waals surface area contributed by atoms with E-state index in [0.717, 1.165) is 12.6 Å². The third kappa shape index (κ3) is 4.30. The molecular formula is C21H19F3N6O2. The Kier molecular flexibility index (Phi) is 5.61. The Balaban J connectivity index is 1.73. The average Bonchev–Trinajstić information content (AvgIpc) is 3.03. The van der Waals surface area contributed by atoms with Gasteiger partial charge in [0.05, 0.1) is 17.3 Å². The summed E-state index contributed by atoms with van der Waals surface area (Å²) in [4.78, 5) is 23.6. The molecule has 3 heterocycles. The van der Waals surface area contributed by atoms with Gasteiger partial charge in [-0.1, -0.05) is 6.07 Å². The molecule has 11 heteroatoms. The molecule has 0 saturated carbocycles. The zero-order valence-corrected chi connectivity index (χ0v) is 16.8. The Labute approximate surface area is 180 Å². The molecule has 1 aliphatic rings. The number of H-pyrrole nitrogens is 1. The number of nitrogens with one attached hydrogen (secondary N) is 2. The molecule has 0 unspecified atom stereocenters. The summed E-state index contributed by atoms with van der Waals surface area (Å²) in [6, 6.07) is 6.33. The van der Waals surface area contributed by atoms with Crippen molar-refractivity contribution < 1.29 is 23.1 Å². The van der Waals surface area contributed by atoms with Gasteiger partial charge in [0.15, 0.2) is 0 Å². The fourth-order valence-electron chi connectivity index (χ4n) is 3.87. The Hall–Kier alpha value is -3.81. The molecule has 1 saturated heterocycles. The Bertz CT molecular complexity index is 1200. The lowest BCUT2D eigenvalue weighted by atomic mass is 10.0. The van der Waals surface area contributed by atoms with Crippen molar-refractivity contribution in [3.8, 4) is 17.3 Å². The molecule has 3 N–H and O–H groups in total. The number of nitrogens with zero attached hydrogens (tertiary/aromatic N) is 4. The predicted octanol–water partition coefficient (Wildman–Crippen LogP) is 4.46. The number of aromatic amines is 1. The smallest absolute Gasteiger partial charge is 0.419 e. The van der Waals surface area contributed by atoms with Crippen LogP contribution in [0, 0.1) is 11.3 Å². The van der Waals surface area contributed by atoms with Crippen LogP contribution in [0.1, 0.15) is 30.4 Å². The van der Waals surface area contributed by atoms with E-state index in [-0.39, 0.29) is 29.8 Å². The standard InChI is InChI=1S/C21H19F3N6O2/c22-21(23,24)16-10-27-19(28-13-3-1-2-6-30(11-13)20(31)32)29-18(16)15-9-26-17-7-12(8-25)4-5-14(15)17/h4-5,7,9-10,13,26H,1-3,6,11H2,(H,31,32)(H,27,28,29)/t13-/m0/s1. The van der Waals surface area contributed by atoms with Crippen molar-refractivity contribution in [2.45, 2.75) is 31.5 Å². The molecule has 32 heavy (non-hydrogen) atoms. The largest absolute Gasteiger partial charge is 0.465 e. The first kappa shape index (κ1) is 21.4. The van der Waals surface area contributed by atoms with Gasteiger partial charge in [0.1, 0.15) is 5.56 Å². The van der Waals surface area contributed by atoms with Gasteiger partial charge in [0, 0.05) is 48.0 Å². The van der Waals surface area contributed by atoms with Crippen LogP contribution in [-0.2, 0) is 6.18 Å². The first-order valence-electron chi connectivity index (χ1n) is 9.96. The second-order valence-electron chi connectivity index (χ2n) is 7.59. The van der Waals surface area contributed by atoms with Gasteiger partial charge >= 0.3 is 12.3 Å². The molecule has 1 fully saturated rings. The molecule has 0 spiro atoms. The quantitative estimate of drug-likeness (QED) is 0.549. The van der Waals surface area contributed by atoms with Gasteiger partial charge in [-0.2, -0.15) is 18.4 Å². The van der Waals surface area contributed by atoms with E-state index in [1.807, 2.05) is 6.07 Å². The van der Waals surface area contributed by atoms with E-state index in [9.17, 15) is 23.1 Å². The van der Waals surface area contributed by atoms with Crippen molar-refractivity contribution in [3.63, 3.8) is 0 Å². The Morgan fingerprint density at radius 3 is 2.88 bits per heavy atom. The molecule has 1 atom stereocenters. The molecule has 1 aliphatic heterocycles. The van der Waals surface area contributed by atoms with Crippen molar-refractivity contribution in [2.75, 3.05) is 18.4 Å². The lowest BCUT2D eigenvalue weighted by Crippen LogP contribution is -2.38. The number of carbonyl (C=O) groups is 1. The van der Waals surface area contributed by atoms with E-state index in [4.69, 9.17) is 5.26 Å². The van der Waals surface area contributed by atoms with E-state index in [1.54, 1.807) is 12.1 Å². The second-order valence-corrected chi connectivity index (χ2v) is 7.59. The minimum Gasteiger partial charge on any atom is -0.465 e. The summed E-state index contributed by atoms with van der Waals surface area (Å²) in [6.45, 7) is 0.603. The number of rotatable bonds is 3. The monoisotopic (exact) mass is 444 g/mol. The molecule has 3 aromatic rings. The third-order valence-corrected chi connectivity index (χ3v) is 5.44. The third-order valence-electron chi connectivity index (χ3n) is 5.44. The highest BCUT2D eigenvalue weighted by atomic mass is 19.4. The average molecular weight is 444 g/mol. The Morgan fingerprint density at radius 1 is 1.34 bits per heavy atom. The number of hydrogen-bond acceptors (Lipinski definition) is 5. The predicted molar refractivity (Wildman–Crippen MR) is 110 cm³/mol. The fourth-order valence-corrected chi connectivity index (χ4v) is 3.87. The number of fused-ring (bicyclic) bond motifs is 1. The van der Waals surface area contributed by atoms with E-state index >= 15 is 0 Å².